The van der Waals surface area contributed by atoms with Crippen molar-refractivity contribution in [3.63, 3.8) is 0 Å². The number of rotatable bonds is 4. The predicted octanol–water partition coefficient (Wildman–Crippen LogP) is 3.41. The molecule has 5 nitrogen and oxygen atoms in total. The molecule has 1 fully saturated rings. The number of hydrogen-bond donors (Lipinski definition) is 0. The van der Waals surface area contributed by atoms with E-state index in [9.17, 15) is 9.59 Å². The maximum Gasteiger partial charge on any atom is 0.414 e. The summed E-state index contributed by atoms with van der Waals surface area (Å²) in [6.45, 7) is 0.833. The number of cyclic esters (lactones) is 1. The first-order valence-electron chi connectivity index (χ1n) is 7.44. The van der Waals surface area contributed by atoms with Crippen molar-refractivity contribution in [2.45, 2.75) is 0 Å². The average Bonchev–Trinajstić information content (AvgIpc) is 3.06. The fourth-order valence-corrected chi connectivity index (χ4v) is 2.44. The molecule has 2 aromatic rings. The van der Waals surface area contributed by atoms with Crippen LogP contribution in [-0.4, -0.2) is 25.0 Å². The van der Waals surface area contributed by atoms with Gasteiger partial charge in [0.2, 0.25) is 0 Å². The van der Waals surface area contributed by atoms with E-state index in [-0.39, 0.29) is 5.78 Å². The van der Waals surface area contributed by atoms with Crippen LogP contribution in [0.1, 0.15) is 21.5 Å². The largest absolute Gasteiger partial charge is 0.447 e. The van der Waals surface area contributed by atoms with Gasteiger partial charge in [0.1, 0.15) is 6.61 Å². The van der Waals surface area contributed by atoms with Gasteiger partial charge in [-0.1, -0.05) is 30.3 Å². The van der Waals surface area contributed by atoms with Crippen LogP contribution in [0.5, 0.6) is 0 Å². The fourth-order valence-electron chi connectivity index (χ4n) is 2.44. The first kappa shape index (κ1) is 15.5. The first-order chi connectivity index (χ1) is 11.7. The lowest BCUT2D eigenvalue weighted by Gasteiger charge is -2.13. The number of carbonyl (C=O) groups excluding carboxylic acids is 2. The van der Waals surface area contributed by atoms with Crippen molar-refractivity contribution in [3.05, 3.63) is 71.3 Å². The number of amides is 1. The van der Waals surface area contributed by atoms with E-state index in [4.69, 9.17) is 10.00 Å². The monoisotopic (exact) mass is 318 g/mol. The van der Waals surface area contributed by atoms with E-state index in [1.165, 1.54) is 11.0 Å². The second kappa shape index (κ2) is 6.80. The van der Waals surface area contributed by atoms with Crippen molar-refractivity contribution < 1.29 is 14.3 Å². The number of benzene rings is 2. The van der Waals surface area contributed by atoms with Gasteiger partial charge in [-0.2, -0.15) is 5.26 Å². The Morgan fingerprint density at radius 1 is 1.21 bits per heavy atom. The molecule has 1 saturated heterocycles. The molecule has 24 heavy (non-hydrogen) atoms. The Morgan fingerprint density at radius 2 is 2.04 bits per heavy atom. The molecule has 1 amide bonds. The van der Waals surface area contributed by atoms with Crippen molar-refractivity contribution in [3.8, 4) is 6.07 Å². The fraction of sp³-hybridized carbons (Fsp3) is 0.105. The van der Waals surface area contributed by atoms with Crippen molar-refractivity contribution in [1.82, 2.24) is 0 Å². The normalized spacial score (nSPS) is 13.8. The lowest BCUT2D eigenvalue weighted by atomic mass is 10.1. The summed E-state index contributed by atoms with van der Waals surface area (Å²) in [5.74, 6) is -0.174. The summed E-state index contributed by atoms with van der Waals surface area (Å²) in [4.78, 5) is 25.4. The molecule has 0 N–H and O–H groups in total. The Labute approximate surface area is 139 Å². The highest BCUT2D eigenvalue weighted by Crippen LogP contribution is 2.20. The van der Waals surface area contributed by atoms with E-state index in [2.05, 4.69) is 6.07 Å². The minimum Gasteiger partial charge on any atom is -0.447 e. The van der Waals surface area contributed by atoms with Crippen LogP contribution in [0.2, 0.25) is 0 Å². The smallest absolute Gasteiger partial charge is 0.414 e. The SMILES string of the molecule is N#Cc1cccc(C=CC(=O)c2cccc(N3CCOC3=O)c2)c1. The molecule has 3 rings (SSSR count). The van der Waals surface area contributed by atoms with Crippen LogP contribution >= 0.6 is 0 Å². The number of carbonyl (C=O) groups is 2. The molecule has 0 bridgehead atoms. The molecular formula is C19H14N2O3. The summed E-state index contributed by atoms with van der Waals surface area (Å²) in [6.07, 6.45) is 2.72. The summed E-state index contributed by atoms with van der Waals surface area (Å²) < 4.78 is 4.91. The third-order valence-corrected chi connectivity index (χ3v) is 3.65. The van der Waals surface area contributed by atoms with Crippen LogP contribution in [0, 0.1) is 11.3 Å². The maximum absolute atomic E-state index is 12.3. The zero-order valence-corrected chi connectivity index (χ0v) is 12.8. The van der Waals surface area contributed by atoms with Gasteiger partial charge in [-0.15, -0.1) is 0 Å². The minimum absolute atomic E-state index is 0.174. The number of allylic oxidation sites excluding steroid dienone is 1. The Bertz CT molecular complexity index is 865. The first-order valence-corrected chi connectivity index (χ1v) is 7.44. The van der Waals surface area contributed by atoms with Crippen molar-refractivity contribution in [2.24, 2.45) is 0 Å². The molecule has 118 valence electrons. The minimum atomic E-state index is -0.400. The van der Waals surface area contributed by atoms with E-state index >= 15 is 0 Å². The molecule has 0 saturated carbocycles. The van der Waals surface area contributed by atoms with E-state index < -0.39 is 6.09 Å². The van der Waals surface area contributed by atoms with Gasteiger partial charge in [0.05, 0.1) is 18.2 Å². The van der Waals surface area contributed by atoms with Crippen LogP contribution in [0.15, 0.2) is 54.6 Å². The highest BCUT2D eigenvalue weighted by atomic mass is 16.6. The van der Waals surface area contributed by atoms with Gasteiger partial charge < -0.3 is 4.74 Å². The van der Waals surface area contributed by atoms with Gasteiger partial charge in [0.25, 0.3) is 0 Å². The molecule has 1 aliphatic heterocycles. The Morgan fingerprint density at radius 3 is 2.79 bits per heavy atom. The molecule has 0 atom stereocenters. The summed E-state index contributed by atoms with van der Waals surface area (Å²) >= 11 is 0. The number of nitrogens with zero attached hydrogens (tertiary/aromatic N) is 2. The molecule has 0 unspecified atom stereocenters. The Kier molecular flexibility index (Phi) is 4.39. The van der Waals surface area contributed by atoms with Gasteiger partial charge in [-0.25, -0.2) is 4.79 Å². The van der Waals surface area contributed by atoms with E-state index in [1.807, 2.05) is 6.07 Å². The van der Waals surface area contributed by atoms with Crippen LogP contribution in [0.25, 0.3) is 6.08 Å². The molecule has 0 aromatic heterocycles. The third-order valence-electron chi connectivity index (χ3n) is 3.65. The standard InChI is InChI=1S/C19H14N2O3/c20-13-15-4-1-3-14(11-15)7-8-18(22)16-5-2-6-17(12-16)21-9-10-24-19(21)23/h1-8,11-12H,9-10H2. The third kappa shape index (κ3) is 3.33. The molecule has 1 heterocycles. The van der Waals surface area contributed by atoms with Crippen LogP contribution < -0.4 is 4.90 Å². The lowest BCUT2D eigenvalue weighted by molar-refractivity contribution is 0.104. The molecular weight excluding hydrogens is 304 g/mol. The summed E-state index contributed by atoms with van der Waals surface area (Å²) in [6, 6.07) is 15.9. The van der Waals surface area contributed by atoms with Crippen molar-refractivity contribution in [1.29, 1.82) is 5.26 Å². The molecule has 0 spiro atoms. The molecule has 1 aliphatic rings. The van der Waals surface area contributed by atoms with Crippen molar-refractivity contribution in [2.75, 3.05) is 18.1 Å². The maximum atomic E-state index is 12.3. The van der Waals surface area contributed by atoms with Gasteiger partial charge in [-0.05, 0) is 35.9 Å². The van der Waals surface area contributed by atoms with E-state index in [1.54, 1.807) is 48.5 Å². The van der Waals surface area contributed by atoms with Crippen LogP contribution in [0.4, 0.5) is 10.5 Å². The zero-order chi connectivity index (χ0) is 16.9. The zero-order valence-electron chi connectivity index (χ0n) is 12.8. The van der Waals surface area contributed by atoms with Crippen LogP contribution in [-0.2, 0) is 4.74 Å². The Hall–Kier alpha value is -3.39. The average molecular weight is 318 g/mol. The summed E-state index contributed by atoms with van der Waals surface area (Å²) in [7, 11) is 0. The molecule has 2 aromatic carbocycles. The second-order valence-corrected chi connectivity index (χ2v) is 5.25. The number of hydrogen-bond acceptors (Lipinski definition) is 4. The predicted molar refractivity (Wildman–Crippen MR) is 89.7 cm³/mol. The van der Waals surface area contributed by atoms with Crippen molar-refractivity contribution >= 4 is 23.6 Å². The lowest BCUT2D eigenvalue weighted by Crippen LogP contribution is -2.23. The van der Waals surface area contributed by atoms with Gasteiger partial charge in [0.15, 0.2) is 5.78 Å². The summed E-state index contributed by atoms with van der Waals surface area (Å²) in [5, 5.41) is 8.89. The van der Waals surface area contributed by atoms with E-state index in [0.29, 0.717) is 30.0 Å². The van der Waals surface area contributed by atoms with Gasteiger partial charge in [-0.3, -0.25) is 9.69 Å². The summed E-state index contributed by atoms with van der Waals surface area (Å²) in [5.41, 5.74) is 2.45. The van der Waals surface area contributed by atoms with E-state index in [0.717, 1.165) is 5.56 Å². The van der Waals surface area contributed by atoms with Crippen LogP contribution in [0.3, 0.4) is 0 Å². The number of anilines is 1. The molecule has 5 heteroatoms. The quantitative estimate of drug-likeness (QED) is 0.640. The molecule has 0 aliphatic carbocycles. The Balaban J connectivity index is 1.79. The second-order valence-electron chi connectivity index (χ2n) is 5.25. The highest BCUT2D eigenvalue weighted by Gasteiger charge is 2.23. The van der Waals surface area contributed by atoms with Gasteiger partial charge in [0, 0.05) is 11.3 Å². The number of ketones is 1. The highest BCUT2D eigenvalue weighted by molar-refractivity contribution is 6.07. The topological polar surface area (TPSA) is 70.4 Å². The number of nitriles is 1. The van der Waals surface area contributed by atoms with Gasteiger partial charge >= 0.3 is 6.09 Å². The molecule has 0 radical (unpaired) electrons. The number of ether oxygens (including phenoxy) is 1.